The minimum absolute atomic E-state index is 0.0374. The van der Waals surface area contributed by atoms with Gasteiger partial charge in [-0.15, -0.1) is 0 Å². The van der Waals surface area contributed by atoms with Gasteiger partial charge in [-0.2, -0.15) is 0 Å². The van der Waals surface area contributed by atoms with Crippen LogP contribution in [0.5, 0.6) is 11.5 Å². The van der Waals surface area contributed by atoms with E-state index in [2.05, 4.69) is 46.9 Å². The van der Waals surface area contributed by atoms with Gasteiger partial charge >= 0.3 is 5.97 Å². The molecule has 1 amide bonds. The normalized spacial score (nSPS) is 18.0. The summed E-state index contributed by atoms with van der Waals surface area (Å²) in [5, 5.41) is 2.69. The van der Waals surface area contributed by atoms with E-state index in [0.29, 0.717) is 18.8 Å². The highest BCUT2D eigenvalue weighted by atomic mass is 16.5. The molecule has 1 aliphatic rings. The number of hydrogen-bond acceptors (Lipinski definition) is 5. The second-order valence-corrected chi connectivity index (χ2v) is 13.5. The van der Waals surface area contributed by atoms with E-state index < -0.39 is 5.97 Å². The molecule has 1 aromatic carbocycles. The molecule has 3 atom stereocenters. The van der Waals surface area contributed by atoms with Crippen molar-refractivity contribution >= 4 is 11.9 Å². The third kappa shape index (κ3) is 11.6. The standard InChI is InChI=1S/C35H60N2O4/c1-24(2)12-9-13-25(3)14-10-15-26(4)16-11-20-35(8)21-19-30-29(7)33(27(5)28(6)34(30)41-35)40-32(39)18-17-31(38)37-23-22-36/h24-26H,9-23,36H2,1-8H3,(H,37,38)/t25-,26-,35-/m1/s1. The van der Waals surface area contributed by atoms with Crippen LogP contribution in [0.4, 0.5) is 0 Å². The summed E-state index contributed by atoms with van der Waals surface area (Å²) in [6, 6.07) is 0. The van der Waals surface area contributed by atoms with E-state index in [1.165, 1.54) is 51.4 Å². The number of nitrogens with one attached hydrogen (secondary N) is 1. The minimum Gasteiger partial charge on any atom is -0.487 e. The third-order valence-electron chi connectivity index (χ3n) is 9.08. The van der Waals surface area contributed by atoms with Crippen molar-refractivity contribution in [2.24, 2.45) is 23.5 Å². The summed E-state index contributed by atoms with van der Waals surface area (Å²) >= 11 is 0. The van der Waals surface area contributed by atoms with Crippen LogP contribution in [-0.4, -0.2) is 30.6 Å². The van der Waals surface area contributed by atoms with E-state index in [4.69, 9.17) is 15.2 Å². The Morgan fingerprint density at radius 1 is 0.902 bits per heavy atom. The van der Waals surface area contributed by atoms with Crippen LogP contribution in [-0.2, 0) is 16.0 Å². The molecule has 0 radical (unpaired) electrons. The number of esters is 1. The number of benzene rings is 1. The predicted molar refractivity (Wildman–Crippen MR) is 170 cm³/mol. The molecule has 1 aliphatic heterocycles. The largest absolute Gasteiger partial charge is 0.487 e. The Morgan fingerprint density at radius 2 is 1.51 bits per heavy atom. The SMILES string of the molecule is Cc1c(C)c2c(c(C)c1OC(=O)CCC(=O)NCCN)CC[C@@](C)(CCC[C@H](C)CCC[C@H](C)CCCC(C)C)O2. The van der Waals surface area contributed by atoms with Crippen molar-refractivity contribution in [2.45, 2.75) is 144 Å². The van der Waals surface area contributed by atoms with Crippen molar-refractivity contribution in [1.82, 2.24) is 5.32 Å². The van der Waals surface area contributed by atoms with Gasteiger partial charge < -0.3 is 20.5 Å². The number of fused-ring (bicyclic) bond motifs is 1. The second kappa shape index (κ2) is 17.1. The molecule has 0 bridgehead atoms. The first kappa shape index (κ1) is 35.1. The molecule has 41 heavy (non-hydrogen) atoms. The van der Waals surface area contributed by atoms with Crippen molar-refractivity contribution in [3.63, 3.8) is 0 Å². The molecule has 0 unspecified atom stereocenters. The second-order valence-electron chi connectivity index (χ2n) is 13.5. The van der Waals surface area contributed by atoms with E-state index in [9.17, 15) is 9.59 Å². The number of ether oxygens (including phenoxy) is 2. The Morgan fingerprint density at radius 3 is 2.12 bits per heavy atom. The van der Waals surface area contributed by atoms with Crippen LogP contribution >= 0.6 is 0 Å². The van der Waals surface area contributed by atoms with Gasteiger partial charge in [0, 0.05) is 25.1 Å². The lowest BCUT2D eigenvalue weighted by atomic mass is 9.83. The summed E-state index contributed by atoms with van der Waals surface area (Å²) in [7, 11) is 0. The van der Waals surface area contributed by atoms with Crippen molar-refractivity contribution in [2.75, 3.05) is 13.1 Å². The van der Waals surface area contributed by atoms with Crippen LogP contribution in [0.15, 0.2) is 0 Å². The number of rotatable bonds is 18. The number of carbonyl (C=O) groups is 2. The summed E-state index contributed by atoms with van der Waals surface area (Å²) in [6.07, 6.45) is 13.6. The Bertz CT molecular complexity index is 989. The van der Waals surface area contributed by atoms with Crippen molar-refractivity contribution in [1.29, 1.82) is 0 Å². The molecule has 6 heteroatoms. The molecule has 0 saturated carbocycles. The fourth-order valence-corrected chi connectivity index (χ4v) is 6.09. The first-order chi connectivity index (χ1) is 19.4. The maximum absolute atomic E-state index is 12.6. The van der Waals surface area contributed by atoms with E-state index in [0.717, 1.165) is 65.0 Å². The number of hydrogen-bond donors (Lipinski definition) is 2. The third-order valence-corrected chi connectivity index (χ3v) is 9.08. The highest BCUT2D eigenvalue weighted by molar-refractivity contribution is 5.82. The smallest absolute Gasteiger partial charge is 0.311 e. The summed E-state index contributed by atoms with van der Waals surface area (Å²) in [4.78, 5) is 24.4. The summed E-state index contributed by atoms with van der Waals surface area (Å²) in [5.41, 5.74) is 9.33. The average molecular weight is 573 g/mol. The van der Waals surface area contributed by atoms with Gasteiger partial charge in [-0.25, -0.2) is 0 Å². The summed E-state index contributed by atoms with van der Waals surface area (Å²) in [5.74, 6) is 3.43. The average Bonchev–Trinajstić information content (AvgIpc) is 2.91. The predicted octanol–water partition coefficient (Wildman–Crippen LogP) is 7.90. The van der Waals surface area contributed by atoms with Crippen LogP contribution < -0.4 is 20.5 Å². The Labute approximate surface area is 250 Å². The van der Waals surface area contributed by atoms with Crippen molar-refractivity contribution in [3.8, 4) is 11.5 Å². The molecule has 1 heterocycles. The fourth-order valence-electron chi connectivity index (χ4n) is 6.09. The van der Waals surface area contributed by atoms with E-state index in [1.54, 1.807) is 0 Å². The number of amides is 1. The lowest BCUT2D eigenvalue weighted by Gasteiger charge is -2.38. The molecule has 3 N–H and O–H groups in total. The first-order valence-corrected chi connectivity index (χ1v) is 16.4. The summed E-state index contributed by atoms with van der Waals surface area (Å²) < 4.78 is 12.5. The van der Waals surface area contributed by atoms with Crippen LogP contribution in [0.1, 0.15) is 134 Å². The first-order valence-electron chi connectivity index (χ1n) is 16.4. The van der Waals surface area contributed by atoms with Gasteiger partial charge in [0.25, 0.3) is 0 Å². The highest BCUT2D eigenvalue weighted by Gasteiger charge is 2.34. The Kier molecular flexibility index (Phi) is 14.7. The minimum atomic E-state index is -0.394. The quantitative estimate of drug-likeness (QED) is 0.138. The number of nitrogens with two attached hydrogens (primary N) is 1. The van der Waals surface area contributed by atoms with Gasteiger partial charge in [0.15, 0.2) is 0 Å². The molecule has 1 aromatic rings. The topological polar surface area (TPSA) is 90.7 Å². The monoisotopic (exact) mass is 572 g/mol. The van der Waals surface area contributed by atoms with Crippen LogP contribution in [0.3, 0.4) is 0 Å². The molecule has 0 aliphatic carbocycles. The molecular weight excluding hydrogens is 512 g/mol. The van der Waals surface area contributed by atoms with Crippen molar-refractivity contribution < 1.29 is 19.1 Å². The van der Waals surface area contributed by atoms with E-state index in [-0.39, 0.29) is 24.3 Å². The molecule has 2 rings (SSSR count). The molecule has 0 aromatic heterocycles. The zero-order valence-electron chi connectivity index (χ0n) is 27.5. The zero-order chi connectivity index (χ0) is 30.6. The van der Waals surface area contributed by atoms with Crippen molar-refractivity contribution in [3.05, 3.63) is 22.3 Å². The molecule has 0 spiro atoms. The molecule has 0 saturated heterocycles. The lowest BCUT2D eigenvalue weighted by Crippen LogP contribution is -2.37. The molecule has 0 fully saturated rings. The van der Waals surface area contributed by atoms with Gasteiger partial charge in [0.1, 0.15) is 17.1 Å². The van der Waals surface area contributed by atoms with Gasteiger partial charge in [-0.1, -0.05) is 72.6 Å². The van der Waals surface area contributed by atoms with E-state index >= 15 is 0 Å². The molecule has 234 valence electrons. The fraction of sp³-hybridized carbons (Fsp3) is 0.771. The highest BCUT2D eigenvalue weighted by Crippen LogP contribution is 2.45. The maximum atomic E-state index is 12.6. The molecule has 6 nitrogen and oxygen atoms in total. The maximum Gasteiger partial charge on any atom is 0.311 e. The summed E-state index contributed by atoms with van der Waals surface area (Å²) in [6.45, 7) is 18.6. The van der Waals surface area contributed by atoms with Gasteiger partial charge in [0.2, 0.25) is 5.91 Å². The molecular formula is C35H60N2O4. The Hall–Kier alpha value is -2.08. The van der Waals surface area contributed by atoms with Crippen LogP contribution in [0.25, 0.3) is 0 Å². The van der Waals surface area contributed by atoms with E-state index in [1.807, 2.05) is 13.8 Å². The van der Waals surface area contributed by atoms with Crippen LogP contribution in [0.2, 0.25) is 0 Å². The van der Waals surface area contributed by atoms with Gasteiger partial charge in [0.05, 0.1) is 6.42 Å². The lowest BCUT2D eigenvalue weighted by molar-refractivity contribution is -0.136. The van der Waals surface area contributed by atoms with Gasteiger partial charge in [-0.3, -0.25) is 9.59 Å². The number of carbonyl (C=O) groups excluding carboxylic acids is 2. The van der Waals surface area contributed by atoms with Gasteiger partial charge in [-0.05, 0) is 87.8 Å². The van der Waals surface area contributed by atoms with Crippen LogP contribution in [0, 0.1) is 38.5 Å². The zero-order valence-corrected chi connectivity index (χ0v) is 27.5. The Balaban J connectivity index is 1.86.